The van der Waals surface area contributed by atoms with Gasteiger partial charge in [0, 0.05) is 5.92 Å². The summed E-state index contributed by atoms with van der Waals surface area (Å²) < 4.78 is 0. The van der Waals surface area contributed by atoms with Gasteiger partial charge in [-0.1, -0.05) is 38.3 Å². The third-order valence-corrected chi connectivity index (χ3v) is 4.57. The summed E-state index contributed by atoms with van der Waals surface area (Å²) >= 11 is 6.06. The fourth-order valence-electron chi connectivity index (χ4n) is 3.03. The fourth-order valence-corrected chi connectivity index (χ4v) is 3.25. The van der Waals surface area contributed by atoms with E-state index in [0.717, 1.165) is 19.3 Å². The molecule has 0 aliphatic heterocycles. The van der Waals surface area contributed by atoms with E-state index in [1.165, 1.54) is 12.7 Å². The highest BCUT2D eigenvalue weighted by atomic mass is 35.5. The Labute approximate surface area is 127 Å². The molecule has 0 radical (unpaired) electrons. The van der Waals surface area contributed by atoms with E-state index in [9.17, 15) is 4.79 Å². The summed E-state index contributed by atoms with van der Waals surface area (Å²) in [4.78, 5) is 27.7. The highest BCUT2D eigenvalue weighted by Gasteiger charge is 2.37. The van der Waals surface area contributed by atoms with Crippen molar-refractivity contribution in [3.8, 4) is 0 Å². The van der Waals surface area contributed by atoms with Gasteiger partial charge in [-0.05, 0) is 18.3 Å². The van der Waals surface area contributed by atoms with E-state index in [1.807, 2.05) is 0 Å². The number of hydrogen-bond acceptors (Lipinski definition) is 4. The first-order valence-corrected chi connectivity index (χ1v) is 7.53. The second-order valence-electron chi connectivity index (χ2n) is 6.22. The molecule has 6 nitrogen and oxygen atoms in total. The van der Waals surface area contributed by atoms with Crippen molar-refractivity contribution < 1.29 is 4.79 Å². The third-order valence-electron chi connectivity index (χ3n) is 4.30. The summed E-state index contributed by atoms with van der Waals surface area (Å²) in [5.41, 5.74) is 1.03. The molecular weight excluding hydrogens is 290 g/mol. The molecule has 1 aliphatic carbocycles. The summed E-state index contributed by atoms with van der Waals surface area (Å²) in [7, 11) is 0. The molecular formula is C14H18ClN5O. The standard InChI is InChI=1S/C14H18ClN5O/c1-14(2)6-4-3-5-8(14)12(21)20-13-18-10(15)9-11(19-13)17-7-16-9/h7-8H,3-6H2,1-2H3,(H2,16,17,18,19,20,21). The van der Waals surface area contributed by atoms with Crippen LogP contribution >= 0.6 is 11.6 Å². The number of aromatic nitrogens is 4. The van der Waals surface area contributed by atoms with Crippen molar-refractivity contribution in [1.29, 1.82) is 0 Å². The Morgan fingerprint density at radius 2 is 2.24 bits per heavy atom. The number of imidazole rings is 1. The van der Waals surface area contributed by atoms with Crippen LogP contribution in [0.5, 0.6) is 0 Å². The van der Waals surface area contributed by atoms with E-state index in [4.69, 9.17) is 11.6 Å². The normalized spacial score (nSPS) is 21.4. The molecule has 2 aromatic heterocycles. The van der Waals surface area contributed by atoms with Gasteiger partial charge in [0.25, 0.3) is 0 Å². The number of nitrogens with zero attached hydrogens (tertiary/aromatic N) is 3. The molecule has 0 aromatic carbocycles. The quantitative estimate of drug-likeness (QED) is 0.835. The van der Waals surface area contributed by atoms with Crippen molar-refractivity contribution in [2.45, 2.75) is 39.5 Å². The Hall–Kier alpha value is -1.69. The summed E-state index contributed by atoms with van der Waals surface area (Å²) in [5.74, 6) is 0.153. The van der Waals surface area contributed by atoms with Crippen LogP contribution in [0.25, 0.3) is 11.2 Å². The van der Waals surface area contributed by atoms with Gasteiger partial charge in [0.05, 0.1) is 6.33 Å². The topological polar surface area (TPSA) is 83.6 Å². The average molecular weight is 308 g/mol. The first-order chi connectivity index (χ1) is 9.97. The molecule has 2 N–H and O–H groups in total. The highest BCUT2D eigenvalue weighted by Crippen LogP contribution is 2.40. The van der Waals surface area contributed by atoms with Crippen LogP contribution in [0.3, 0.4) is 0 Å². The van der Waals surface area contributed by atoms with Crippen LogP contribution in [-0.2, 0) is 4.79 Å². The Bertz CT molecular complexity index is 681. The van der Waals surface area contributed by atoms with Crippen LogP contribution in [0.15, 0.2) is 6.33 Å². The number of hydrogen-bond donors (Lipinski definition) is 2. The molecule has 0 spiro atoms. The van der Waals surface area contributed by atoms with Crippen molar-refractivity contribution in [3.05, 3.63) is 11.5 Å². The Balaban J connectivity index is 1.82. The molecule has 112 valence electrons. The average Bonchev–Trinajstić information content (AvgIpc) is 2.86. The fraction of sp³-hybridized carbons (Fsp3) is 0.571. The van der Waals surface area contributed by atoms with Crippen LogP contribution in [0.4, 0.5) is 5.95 Å². The minimum Gasteiger partial charge on any atom is -0.341 e. The predicted molar refractivity (Wildman–Crippen MR) is 81.1 cm³/mol. The molecule has 1 aliphatic rings. The number of amides is 1. The molecule has 1 atom stereocenters. The zero-order valence-corrected chi connectivity index (χ0v) is 12.9. The van der Waals surface area contributed by atoms with Crippen molar-refractivity contribution in [1.82, 2.24) is 19.9 Å². The number of anilines is 1. The van der Waals surface area contributed by atoms with Crippen molar-refractivity contribution in [3.63, 3.8) is 0 Å². The van der Waals surface area contributed by atoms with E-state index in [-0.39, 0.29) is 28.3 Å². The zero-order valence-electron chi connectivity index (χ0n) is 12.1. The van der Waals surface area contributed by atoms with Crippen molar-refractivity contribution >= 4 is 34.6 Å². The lowest BCUT2D eigenvalue weighted by molar-refractivity contribution is -0.124. The molecule has 1 unspecified atom stereocenters. The third kappa shape index (κ3) is 2.72. The Morgan fingerprint density at radius 3 is 3.00 bits per heavy atom. The number of halogens is 1. The van der Waals surface area contributed by atoms with Gasteiger partial charge in [-0.15, -0.1) is 0 Å². The number of H-pyrrole nitrogens is 1. The van der Waals surface area contributed by atoms with Crippen LogP contribution in [0.2, 0.25) is 5.15 Å². The van der Waals surface area contributed by atoms with Gasteiger partial charge in [-0.25, -0.2) is 4.98 Å². The minimum absolute atomic E-state index is 0.00254. The Kier molecular flexibility index (Phi) is 3.57. The smallest absolute Gasteiger partial charge is 0.233 e. The number of fused-ring (bicyclic) bond motifs is 1. The van der Waals surface area contributed by atoms with Crippen LogP contribution in [0.1, 0.15) is 39.5 Å². The molecule has 21 heavy (non-hydrogen) atoms. The molecule has 0 bridgehead atoms. The van der Waals surface area contributed by atoms with Gasteiger partial charge in [0.2, 0.25) is 11.9 Å². The first kappa shape index (κ1) is 14.3. The molecule has 1 fully saturated rings. The predicted octanol–water partition coefficient (Wildman–Crippen LogP) is 3.16. The molecule has 3 rings (SSSR count). The highest BCUT2D eigenvalue weighted by molar-refractivity contribution is 6.33. The summed E-state index contributed by atoms with van der Waals surface area (Å²) in [6.45, 7) is 4.28. The van der Waals surface area contributed by atoms with Gasteiger partial charge < -0.3 is 4.98 Å². The van der Waals surface area contributed by atoms with Gasteiger partial charge in [0.1, 0.15) is 5.52 Å². The summed E-state index contributed by atoms with van der Waals surface area (Å²) in [5, 5.41) is 3.05. The van der Waals surface area contributed by atoms with E-state index >= 15 is 0 Å². The second-order valence-corrected chi connectivity index (χ2v) is 6.57. The zero-order chi connectivity index (χ0) is 15.0. The maximum atomic E-state index is 12.5. The molecule has 2 heterocycles. The van der Waals surface area contributed by atoms with Crippen LogP contribution < -0.4 is 5.32 Å². The molecule has 0 saturated heterocycles. The number of nitrogens with one attached hydrogen (secondary N) is 2. The van der Waals surface area contributed by atoms with Crippen molar-refractivity contribution in [2.24, 2.45) is 11.3 Å². The number of rotatable bonds is 2. The lowest BCUT2D eigenvalue weighted by Crippen LogP contribution is -2.37. The molecule has 1 saturated carbocycles. The van der Waals surface area contributed by atoms with Gasteiger partial charge in [-0.2, -0.15) is 9.97 Å². The van der Waals surface area contributed by atoms with E-state index in [0.29, 0.717) is 11.2 Å². The maximum absolute atomic E-state index is 12.5. The number of aromatic amines is 1. The minimum atomic E-state index is -0.0364. The van der Waals surface area contributed by atoms with Gasteiger partial charge in [0.15, 0.2) is 10.8 Å². The van der Waals surface area contributed by atoms with E-state index in [2.05, 4.69) is 39.1 Å². The van der Waals surface area contributed by atoms with E-state index in [1.54, 1.807) is 0 Å². The largest absolute Gasteiger partial charge is 0.341 e. The van der Waals surface area contributed by atoms with Crippen LogP contribution in [-0.4, -0.2) is 25.8 Å². The molecule has 1 amide bonds. The number of carbonyl (C=O) groups is 1. The van der Waals surface area contributed by atoms with Gasteiger partial charge >= 0.3 is 0 Å². The van der Waals surface area contributed by atoms with Gasteiger partial charge in [-0.3, -0.25) is 10.1 Å². The second kappa shape index (κ2) is 5.26. The summed E-state index contributed by atoms with van der Waals surface area (Å²) in [6, 6.07) is 0. The van der Waals surface area contributed by atoms with Crippen LogP contribution in [0, 0.1) is 11.3 Å². The monoisotopic (exact) mass is 307 g/mol. The summed E-state index contributed by atoms with van der Waals surface area (Å²) in [6.07, 6.45) is 5.73. The molecule has 7 heteroatoms. The van der Waals surface area contributed by atoms with Crippen molar-refractivity contribution in [2.75, 3.05) is 5.32 Å². The lowest BCUT2D eigenvalue weighted by Gasteiger charge is -2.37. The number of carbonyl (C=O) groups excluding carboxylic acids is 1. The lowest BCUT2D eigenvalue weighted by atomic mass is 9.68. The SMILES string of the molecule is CC1(C)CCCCC1C(=O)Nc1nc(Cl)c2[nH]cnc2n1. The first-order valence-electron chi connectivity index (χ1n) is 7.15. The molecule has 2 aromatic rings. The van der Waals surface area contributed by atoms with E-state index < -0.39 is 0 Å². The maximum Gasteiger partial charge on any atom is 0.233 e. The Morgan fingerprint density at radius 1 is 1.43 bits per heavy atom.